The normalized spacial score (nSPS) is 16.7. The highest BCUT2D eigenvalue weighted by Crippen LogP contribution is 2.27. The summed E-state index contributed by atoms with van der Waals surface area (Å²) in [5.41, 5.74) is 1.00. The summed E-state index contributed by atoms with van der Waals surface area (Å²) < 4.78 is 1.55. The number of aryl methyl sites for hydroxylation is 1. The molecule has 1 aliphatic rings. The number of carbonyl (C=O) groups excluding carboxylic acids is 1. The number of nitrogens with zero attached hydrogens (tertiary/aromatic N) is 2. The van der Waals surface area contributed by atoms with E-state index in [1.807, 2.05) is 0 Å². The SMILES string of the molecule is Cc1cnc2n(c1=O)CC(C(=O)Nc1cc(Cl)cc(Cl)c1)CS2. The van der Waals surface area contributed by atoms with E-state index in [1.165, 1.54) is 11.8 Å². The Morgan fingerprint density at radius 2 is 2.04 bits per heavy atom. The lowest BCUT2D eigenvalue weighted by atomic mass is 10.1. The molecule has 0 bridgehead atoms. The van der Waals surface area contributed by atoms with Gasteiger partial charge in [-0.25, -0.2) is 4.98 Å². The molecular weight excluding hydrogens is 357 g/mol. The molecule has 1 aromatic heterocycles. The highest BCUT2D eigenvalue weighted by atomic mass is 35.5. The number of nitrogens with one attached hydrogen (secondary N) is 1. The third kappa shape index (κ3) is 3.54. The van der Waals surface area contributed by atoms with Gasteiger partial charge in [0.15, 0.2) is 5.16 Å². The fourth-order valence-electron chi connectivity index (χ4n) is 2.33. The Hall–Kier alpha value is -1.50. The molecule has 120 valence electrons. The predicted octanol–water partition coefficient (Wildman–Crippen LogP) is 3.22. The van der Waals surface area contributed by atoms with Crippen molar-refractivity contribution in [2.24, 2.45) is 5.92 Å². The maximum atomic E-state index is 12.4. The maximum absolute atomic E-state index is 12.4. The van der Waals surface area contributed by atoms with E-state index in [0.29, 0.717) is 38.8 Å². The third-order valence-corrected chi connectivity index (χ3v) is 5.09. The van der Waals surface area contributed by atoms with Crippen molar-refractivity contribution in [2.75, 3.05) is 11.1 Å². The molecule has 1 amide bonds. The second-order valence-electron chi connectivity index (χ2n) is 5.29. The highest BCUT2D eigenvalue weighted by Gasteiger charge is 2.27. The highest BCUT2D eigenvalue weighted by molar-refractivity contribution is 7.99. The molecule has 8 heteroatoms. The van der Waals surface area contributed by atoms with Gasteiger partial charge >= 0.3 is 0 Å². The molecule has 1 N–H and O–H groups in total. The van der Waals surface area contributed by atoms with Gasteiger partial charge in [-0.05, 0) is 25.1 Å². The molecule has 1 atom stereocenters. The van der Waals surface area contributed by atoms with Gasteiger partial charge in [-0.3, -0.25) is 14.2 Å². The van der Waals surface area contributed by atoms with Crippen molar-refractivity contribution in [1.82, 2.24) is 9.55 Å². The fourth-order valence-corrected chi connectivity index (χ4v) is 3.90. The lowest BCUT2D eigenvalue weighted by molar-refractivity contribution is -0.119. The standard InChI is InChI=1S/C15H13Cl2N3O2S/c1-8-5-18-15-20(14(8)22)6-9(7-23-15)13(21)19-12-3-10(16)2-11(17)4-12/h2-5,9H,6-7H2,1H3,(H,19,21). The van der Waals surface area contributed by atoms with E-state index in [9.17, 15) is 9.59 Å². The van der Waals surface area contributed by atoms with Crippen LogP contribution in [0.2, 0.25) is 10.0 Å². The van der Waals surface area contributed by atoms with Crippen LogP contribution in [-0.4, -0.2) is 21.2 Å². The van der Waals surface area contributed by atoms with E-state index in [0.717, 1.165) is 0 Å². The summed E-state index contributed by atoms with van der Waals surface area (Å²) in [5, 5.41) is 4.35. The largest absolute Gasteiger partial charge is 0.326 e. The first-order valence-electron chi connectivity index (χ1n) is 6.90. The molecule has 0 spiro atoms. The Morgan fingerprint density at radius 3 is 2.74 bits per heavy atom. The summed E-state index contributed by atoms with van der Waals surface area (Å²) in [7, 11) is 0. The molecule has 1 unspecified atom stereocenters. The van der Waals surface area contributed by atoms with Gasteiger partial charge in [0.1, 0.15) is 0 Å². The molecule has 0 radical (unpaired) electrons. The number of hydrogen-bond acceptors (Lipinski definition) is 4. The van der Waals surface area contributed by atoms with Gasteiger partial charge in [-0.2, -0.15) is 0 Å². The monoisotopic (exact) mass is 369 g/mol. The Kier molecular flexibility index (Phi) is 4.66. The van der Waals surface area contributed by atoms with E-state index >= 15 is 0 Å². The van der Waals surface area contributed by atoms with Gasteiger partial charge in [-0.15, -0.1) is 0 Å². The van der Waals surface area contributed by atoms with E-state index in [1.54, 1.807) is 35.9 Å². The number of amides is 1. The zero-order valence-electron chi connectivity index (χ0n) is 12.2. The molecule has 0 saturated heterocycles. The first kappa shape index (κ1) is 16.4. The number of benzene rings is 1. The molecule has 23 heavy (non-hydrogen) atoms. The van der Waals surface area contributed by atoms with Crippen LogP contribution >= 0.6 is 35.0 Å². The second kappa shape index (κ2) is 6.55. The summed E-state index contributed by atoms with van der Waals surface area (Å²) in [5.74, 6) is 0.0665. The van der Waals surface area contributed by atoms with Crippen molar-refractivity contribution in [3.63, 3.8) is 0 Å². The summed E-state index contributed by atoms with van der Waals surface area (Å²) in [4.78, 5) is 28.9. The molecule has 0 saturated carbocycles. The number of fused-ring (bicyclic) bond motifs is 1. The van der Waals surface area contributed by atoms with Gasteiger partial charge in [0.25, 0.3) is 5.56 Å². The molecule has 1 aliphatic heterocycles. The average Bonchev–Trinajstić information content (AvgIpc) is 2.49. The Morgan fingerprint density at radius 1 is 1.35 bits per heavy atom. The topological polar surface area (TPSA) is 64.0 Å². The maximum Gasteiger partial charge on any atom is 0.257 e. The van der Waals surface area contributed by atoms with Crippen molar-refractivity contribution in [1.29, 1.82) is 0 Å². The van der Waals surface area contributed by atoms with Gasteiger partial charge in [0.05, 0.1) is 5.92 Å². The van der Waals surface area contributed by atoms with E-state index in [-0.39, 0.29) is 17.4 Å². The van der Waals surface area contributed by atoms with E-state index < -0.39 is 0 Å². The number of halogens is 2. The zero-order chi connectivity index (χ0) is 16.6. The van der Waals surface area contributed by atoms with Crippen LogP contribution < -0.4 is 10.9 Å². The van der Waals surface area contributed by atoms with Crippen molar-refractivity contribution >= 4 is 46.6 Å². The smallest absolute Gasteiger partial charge is 0.257 e. The summed E-state index contributed by atoms with van der Waals surface area (Å²) in [6.07, 6.45) is 1.57. The van der Waals surface area contributed by atoms with Gasteiger partial charge < -0.3 is 5.32 Å². The molecule has 1 aromatic carbocycles. The summed E-state index contributed by atoms with van der Waals surface area (Å²) in [6, 6.07) is 4.86. The first-order chi connectivity index (χ1) is 10.9. The van der Waals surface area contributed by atoms with Gasteiger partial charge in [0.2, 0.25) is 5.91 Å². The molecule has 2 heterocycles. The van der Waals surface area contributed by atoms with Gasteiger partial charge in [0, 0.05) is 39.8 Å². The Bertz CT molecular complexity index is 818. The van der Waals surface area contributed by atoms with Gasteiger partial charge in [-0.1, -0.05) is 35.0 Å². The Balaban J connectivity index is 1.79. The molecule has 0 fully saturated rings. The van der Waals surface area contributed by atoms with E-state index in [2.05, 4.69) is 10.3 Å². The van der Waals surface area contributed by atoms with Crippen molar-refractivity contribution in [2.45, 2.75) is 18.6 Å². The van der Waals surface area contributed by atoms with Crippen LogP contribution in [0, 0.1) is 12.8 Å². The summed E-state index contributed by atoms with van der Waals surface area (Å²) in [6.45, 7) is 2.03. The van der Waals surface area contributed by atoms with Crippen molar-refractivity contribution in [3.8, 4) is 0 Å². The number of hydrogen-bond donors (Lipinski definition) is 1. The van der Waals surface area contributed by atoms with Crippen LogP contribution in [0.1, 0.15) is 5.56 Å². The van der Waals surface area contributed by atoms with Crippen LogP contribution in [0.25, 0.3) is 0 Å². The van der Waals surface area contributed by atoms with Crippen LogP contribution in [0.4, 0.5) is 5.69 Å². The van der Waals surface area contributed by atoms with E-state index in [4.69, 9.17) is 23.2 Å². The molecule has 0 aliphatic carbocycles. The van der Waals surface area contributed by atoms with Crippen molar-refractivity contribution < 1.29 is 4.79 Å². The first-order valence-corrected chi connectivity index (χ1v) is 8.64. The predicted molar refractivity (Wildman–Crippen MR) is 92.5 cm³/mol. The number of thioether (sulfide) groups is 1. The molecule has 3 rings (SSSR count). The third-order valence-electron chi connectivity index (χ3n) is 3.50. The number of rotatable bonds is 2. The second-order valence-corrected chi connectivity index (χ2v) is 7.15. The lowest BCUT2D eigenvalue weighted by Crippen LogP contribution is -2.37. The summed E-state index contributed by atoms with van der Waals surface area (Å²) >= 11 is 13.3. The van der Waals surface area contributed by atoms with Crippen LogP contribution in [0.3, 0.4) is 0 Å². The van der Waals surface area contributed by atoms with Crippen LogP contribution in [0.15, 0.2) is 34.3 Å². The minimum Gasteiger partial charge on any atom is -0.326 e. The quantitative estimate of drug-likeness (QED) is 0.825. The number of anilines is 1. The number of carbonyl (C=O) groups is 1. The number of aromatic nitrogens is 2. The molecule has 2 aromatic rings. The van der Waals surface area contributed by atoms with Crippen molar-refractivity contribution in [3.05, 3.63) is 50.4 Å². The van der Waals surface area contributed by atoms with Crippen LogP contribution in [0.5, 0.6) is 0 Å². The zero-order valence-corrected chi connectivity index (χ0v) is 14.5. The fraction of sp³-hybridized carbons (Fsp3) is 0.267. The Labute approximate surface area is 147 Å². The minimum atomic E-state index is -0.327. The minimum absolute atomic E-state index is 0.106. The molecular formula is C15H13Cl2N3O2S. The van der Waals surface area contributed by atoms with Crippen LogP contribution in [-0.2, 0) is 11.3 Å². The average molecular weight is 370 g/mol. The lowest BCUT2D eigenvalue weighted by Gasteiger charge is -2.24. The molecule has 5 nitrogen and oxygen atoms in total.